The van der Waals surface area contributed by atoms with Gasteiger partial charge in [0.2, 0.25) is 5.91 Å². The number of amides is 1. The molecule has 0 bridgehead atoms. The van der Waals surface area contributed by atoms with Crippen molar-refractivity contribution in [2.75, 3.05) is 0 Å². The van der Waals surface area contributed by atoms with Crippen molar-refractivity contribution < 1.29 is 14.7 Å². The maximum Gasteiger partial charge on any atom is 0.310 e. The zero-order valence-electron chi connectivity index (χ0n) is 11.5. The summed E-state index contributed by atoms with van der Waals surface area (Å²) in [5.41, 5.74) is -0.811. The Kier molecular flexibility index (Phi) is 5.63. The van der Waals surface area contributed by atoms with Gasteiger partial charge in [-0.1, -0.05) is 33.1 Å². The molecule has 4 nitrogen and oxygen atoms in total. The van der Waals surface area contributed by atoms with Gasteiger partial charge in [0.1, 0.15) is 0 Å². The molecule has 1 fully saturated rings. The van der Waals surface area contributed by atoms with Crippen LogP contribution in [-0.2, 0) is 9.59 Å². The number of hydrogen-bond acceptors (Lipinski definition) is 2. The highest BCUT2D eigenvalue weighted by Crippen LogP contribution is 2.39. The lowest BCUT2D eigenvalue weighted by atomic mass is 9.71. The molecule has 0 aromatic carbocycles. The van der Waals surface area contributed by atoms with Crippen molar-refractivity contribution in [2.45, 2.75) is 71.3 Å². The monoisotopic (exact) mass is 255 g/mol. The predicted octanol–water partition coefficient (Wildman–Crippen LogP) is 2.72. The lowest BCUT2D eigenvalue weighted by Gasteiger charge is -2.33. The van der Waals surface area contributed by atoms with Crippen molar-refractivity contribution in [3.8, 4) is 0 Å². The predicted molar refractivity (Wildman–Crippen MR) is 70.3 cm³/mol. The summed E-state index contributed by atoms with van der Waals surface area (Å²) in [5, 5.41) is 12.3. The second kappa shape index (κ2) is 6.76. The van der Waals surface area contributed by atoms with E-state index in [4.69, 9.17) is 0 Å². The summed E-state index contributed by atoms with van der Waals surface area (Å²) in [7, 11) is 0. The average molecular weight is 255 g/mol. The van der Waals surface area contributed by atoms with Gasteiger partial charge >= 0.3 is 5.97 Å². The van der Waals surface area contributed by atoms with Gasteiger partial charge in [-0.3, -0.25) is 9.59 Å². The first kappa shape index (κ1) is 15.0. The highest BCUT2D eigenvalue weighted by atomic mass is 16.4. The second-order valence-electron chi connectivity index (χ2n) is 5.40. The summed E-state index contributed by atoms with van der Waals surface area (Å²) in [6.07, 6.45) is 6.12. The molecule has 0 aliphatic heterocycles. The SMILES string of the molecule is CCC(CC)NC(=O)CC1(C(=O)O)CCCCC1. The highest BCUT2D eigenvalue weighted by Gasteiger charge is 2.41. The number of aliphatic carboxylic acids is 1. The van der Waals surface area contributed by atoms with Crippen molar-refractivity contribution in [2.24, 2.45) is 5.41 Å². The van der Waals surface area contributed by atoms with Crippen LogP contribution >= 0.6 is 0 Å². The van der Waals surface area contributed by atoms with E-state index in [0.717, 1.165) is 32.1 Å². The maximum absolute atomic E-state index is 12.0. The van der Waals surface area contributed by atoms with Crippen molar-refractivity contribution in [1.82, 2.24) is 5.32 Å². The standard InChI is InChI=1S/C14H25NO3/c1-3-11(4-2)15-12(16)10-14(13(17)18)8-6-5-7-9-14/h11H,3-10H2,1-2H3,(H,15,16)(H,17,18). The van der Waals surface area contributed by atoms with E-state index in [1.54, 1.807) is 0 Å². The van der Waals surface area contributed by atoms with Crippen LogP contribution in [-0.4, -0.2) is 23.0 Å². The van der Waals surface area contributed by atoms with Gasteiger partial charge < -0.3 is 10.4 Å². The quantitative estimate of drug-likeness (QED) is 0.767. The minimum Gasteiger partial charge on any atom is -0.481 e. The molecule has 0 saturated heterocycles. The van der Waals surface area contributed by atoms with Crippen molar-refractivity contribution in [3.63, 3.8) is 0 Å². The lowest BCUT2D eigenvalue weighted by molar-refractivity contribution is -0.154. The zero-order valence-corrected chi connectivity index (χ0v) is 11.5. The van der Waals surface area contributed by atoms with Gasteiger partial charge in [0.25, 0.3) is 0 Å². The Morgan fingerprint density at radius 2 is 1.72 bits per heavy atom. The topological polar surface area (TPSA) is 66.4 Å². The van der Waals surface area contributed by atoms with Crippen LogP contribution in [0, 0.1) is 5.41 Å². The third kappa shape index (κ3) is 3.72. The van der Waals surface area contributed by atoms with Crippen molar-refractivity contribution >= 4 is 11.9 Å². The van der Waals surface area contributed by atoms with Crippen LogP contribution in [0.1, 0.15) is 65.2 Å². The first-order valence-electron chi connectivity index (χ1n) is 7.07. The van der Waals surface area contributed by atoms with Gasteiger partial charge in [0.05, 0.1) is 5.41 Å². The van der Waals surface area contributed by atoms with Crippen LogP contribution in [0.2, 0.25) is 0 Å². The molecule has 1 saturated carbocycles. The third-order valence-electron chi connectivity index (χ3n) is 4.11. The van der Waals surface area contributed by atoms with Crippen LogP contribution in [0.5, 0.6) is 0 Å². The first-order valence-corrected chi connectivity index (χ1v) is 7.07. The van der Waals surface area contributed by atoms with E-state index in [9.17, 15) is 14.7 Å². The third-order valence-corrected chi connectivity index (χ3v) is 4.11. The summed E-state index contributed by atoms with van der Waals surface area (Å²) < 4.78 is 0. The number of carbonyl (C=O) groups excluding carboxylic acids is 1. The number of carboxylic acid groups (broad SMARTS) is 1. The molecule has 0 radical (unpaired) electrons. The van der Waals surface area contributed by atoms with Crippen molar-refractivity contribution in [3.05, 3.63) is 0 Å². The number of nitrogens with one attached hydrogen (secondary N) is 1. The molecule has 0 atom stereocenters. The van der Waals surface area contributed by atoms with E-state index in [1.807, 2.05) is 13.8 Å². The molecular formula is C14H25NO3. The Morgan fingerprint density at radius 1 is 1.17 bits per heavy atom. The van der Waals surface area contributed by atoms with Crippen LogP contribution < -0.4 is 5.32 Å². The minimum absolute atomic E-state index is 0.104. The van der Waals surface area contributed by atoms with E-state index < -0.39 is 11.4 Å². The van der Waals surface area contributed by atoms with Gasteiger partial charge in [0.15, 0.2) is 0 Å². The fourth-order valence-electron chi connectivity index (χ4n) is 2.77. The van der Waals surface area contributed by atoms with Crippen LogP contribution in [0.15, 0.2) is 0 Å². The van der Waals surface area contributed by atoms with Gasteiger partial charge in [-0.15, -0.1) is 0 Å². The summed E-state index contributed by atoms with van der Waals surface area (Å²) in [6.45, 7) is 4.06. The molecule has 104 valence electrons. The Labute approximate surface area is 109 Å². The Bertz CT molecular complexity index is 291. The zero-order chi connectivity index (χ0) is 13.6. The number of carbonyl (C=O) groups is 2. The molecule has 0 aromatic rings. The van der Waals surface area contributed by atoms with E-state index >= 15 is 0 Å². The molecule has 1 rings (SSSR count). The van der Waals surface area contributed by atoms with E-state index in [2.05, 4.69) is 5.32 Å². The van der Waals surface area contributed by atoms with Gasteiger partial charge in [-0.05, 0) is 25.7 Å². The molecule has 1 aliphatic rings. The molecule has 0 heterocycles. The Hall–Kier alpha value is -1.06. The first-order chi connectivity index (χ1) is 8.54. The largest absolute Gasteiger partial charge is 0.481 e. The summed E-state index contributed by atoms with van der Waals surface area (Å²) in [6, 6.07) is 0.173. The number of rotatable bonds is 6. The number of carboxylic acids is 1. The van der Waals surface area contributed by atoms with Crippen LogP contribution in [0.3, 0.4) is 0 Å². The minimum atomic E-state index is -0.811. The Balaban J connectivity index is 2.61. The molecule has 2 N–H and O–H groups in total. The molecule has 0 spiro atoms. The van der Waals surface area contributed by atoms with Gasteiger partial charge in [-0.2, -0.15) is 0 Å². The molecule has 0 aromatic heterocycles. The van der Waals surface area contributed by atoms with Gasteiger partial charge in [-0.25, -0.2) is 0 Å². The molecular weight excluding hydrogens is 230 g/mol. The number of hydrogen-bond donors (Lipinski definition) is 2. The molecule has 18 heavy (non-hydrogen) atoms. The van der Waals surface area contributed by atoms with E-state index in [-0.39, 0.29) is 18.4 Å². The van der Waals surface area contributed by atoms with E-state index in [1.165, 1.54) is 0 Å². The molecule has 1 aliphatic carbocycles. The lowest BCUT2D eigenvalue weighted by Crippen LogP contribution is -2.42. The molecule has 1 amide bonds. The second-order valence-corrected chi connectivity index (χ2v) is 5.40. The summed E-state index contributed by atoms with van der Waals surface area (Å²) in [4.78, 5) is 23.4. The van der Waals surface area contributed by atoms with Gasteiger partial charge in [0, 0.05) is 12.5 Å². The Morgan fingerprint density at radius 3 is 2.17 bits per heavy atom. The fraction of sp³-hybridized carbons (Fsp3) is 0.857. The normalized spacial score (nSPS) is 18.6. The fourth-order valence-corrected chi connectivity index (χ4v) is 2.77. The van der Waals surface area contributed by atoms with Crippen LogP contribution in [0.4, 0.5) is 0 Å². The summed E-state index contributed by atoms with van der Waals surface area (Å²) in [5.74, 6) is -0.908. The summed E-state index contributed by atoms with van der Waals surface area (Å²) >= 11 is 0. The molecule has 0 unspecified atom stereocenters. The van der Waals surface area contributed by atoms with Crippen molar-refractivity contribution in [1.29, 1.82) is 0 Å². The smallest absolute Gasteiger partial charge is 0.310 e. The maximum atomic E-state index is 12.0. The van der Waals surface area contributed by atoms with E-state index in [0.29, 0.717) is 12.8 Å². The average Bonchev–Trinajstić information content (AvgIpc) is 2.36. The van der Waals surface area contributed by atoms with Crippen LogP contribution in [0.25, 0.3) is 0 Å². The highest BCUT2D eigenvalue weighted by molar-refractivity contribution is 5.85. The molecule has 4 heteroatoms.